The maximum Gasteiger partial charge on any atom is 1.00 e. The summed E-state index contributed by atoms with van der Waals surface area (Å²) in [5, 5.41) is 0. The molecule has 0 saturated heterocycles. The van der Waals surface area contributed by atoms with Crippen molar-refractivity contribution in [3.05, 3.63) is 56.0 Å². The van der Waals surface area contributed by atoms with Crippen molar-refractivity contribution in [2.24, 2.45) is 0 Å². The van der Waals surface area contributed by atoms with Gasteiger partial charge in [-0.1, -0.05) is 19.9 Å². The molecule has 14 heavy (non-hydrogen) atoms. The van der Waals surface area contributed by atoms with Gasteiger partial charge in [0.15, 0.2) is 0 Å². The first-order chi connectivity index (χ1) is 5.88. The molecule has 1 heteroatoms. The molecular weight excluding hydrogens is 195 g/mol. The average Bonchev–Trinajstić information content (AvgIpc) is 2.20. The van der Waals surface area contributed by atoms with Crippen LogP contribution < -0.4 is 51.4 Å². The zero-order valence-electron chi connectivity index (χ0n) is 9.80. The molecule has 0 aliphatic carbocycles. The summed E-state index contributed by atoms with van der Waals surface area (Å²) in [5.74, 6) is 0. The summed E-state index contributed by atoms with van der Waals surface area (Å²) in [6.45, 7) is 11.3. The van der Waals surface area contributed by atoms with Gasteiger partial charge in [-0.25, -0.2) is 0 Å². The fraction of sp³-hybridized carbons (Fsp3) is 0.154. The van der Waals surface area contributed by atoms with Gasteiger partial charge in [0.2, 0.25) is 0 Å². The van der Waals surface area contributed by atoms with E-state index >= 15 is 0 Å². The molecule has 0 fully saturated rings. The van der Waals surface area contributed by atoms with E-state index in [-0.39, 0.29) is 58.8 Å². The second-order valence-corrected chi connectivity index (χ2v) is 1.96. The van der Waals surface area contributed by atoms with Crippen LogP contribution in [0.25, 0.3) is 12.2 Å². The van der Waals surface area contributed by atoms with Crippen molar-refractivity contribution in [1.82, 2.24) is 0 Å². The van der Waals surface area contributed by atoms with Crippen LogP contribution in [0.5, 0.6) is 0 Å². The maximum atomic E-state index is 3.68. The molecule has 72 valence electrons. The third-order valence-corrected chi connectivity index (χ3v) is 1.37. The topological polar surface area (TPSA) is 0 Å². The quantitative estimate of drug-likeness (QED) is 0.512. The molecule has 1 aromatic rings. The fourth-order valence-corrected chi connectivity index (χ4v) is 0.818. The molecule has 0 aliphatic heterocycles. The molecule has 0 bridgehead atoms. The van der Waals surface area contributed by atoms with Crippen molar-refractivity contribution < 1.29 is 51.4 Å². The van der Waals surface area contributed by atoms with Crippen LogP contribution >= 0.6 is 0 Å². The van der Waals surface area contributed by atoms with E-state index in [4.69, 9.17) is 0 Å². The Hall–Kier alpha value is 0.336. The molecule has 1 aromatic carbocycles. The van der Waals surface area contributed by atoms with Crippen LogP contribution in [0.3, 0.4) is 0 Å². The van der Waals surface area contributed by atoms with Crippen LogP contribution in [0, 0.1) is 13.5 Å². The smallest absolute Gasteiger partial charge is 0.358 e. The van der Waals surface area contributed by atoms with Crippen LogP contribution in [0.15, 0.2) is 31.4 Å². The number of rotatable bonds is 2. The van der Waals surface area contributed by atoms with Crippen molar-refractivity contribution in [3.8, 4) is 0 Å². The summed E-state index contributed by atoms with van der Waals surface area (Å²) in [4.78, 5) is 0. The third kappa shape index (κ3) is 6.74. The van der Waals surface area contributed by atoms with Gasteiger partial charge in [0.1, 0.15) is 0 Å². The molecule has 1 rings (SSSR count). The van der Waals surface area contributed by atoms with Crippen molar-refractivity contribution in [1.29, 1.82) is 0 Å². The Balaban J connectivity index is -0.000000284. The van der Waals surface area contributed by atoms with Gasteiger partial charge in [-0.2, -0.15) is 24.3 Å². The minimum Gasteiger partial charge on any atom is -0.358 e. The number of hydrogen-bond donors (Lipinski definition) is 0. The Morgan fingerprint density at radius 2 is 1.64 bits per heavy atom. The van der Waals surface area contributed by atoms with E-state index in [1.54, 1.807) is 6.08 Å². The number of benzene rings is 1. The molecule has 0 radical (unpaired) electrons. The first-order valence-corrected chi connectivity index (χ1v) is 4.13. The molecule has 0 heterocycles. The fourth-order valence-electron chi connectivity index (χ4n) is 0.818. The summed E-state index contributed by atoms with van der Waals surface area (Å²) in [6.07, 6.45) is 3.61. The standard InChI is InChI=1S/C10H9.C2H6.CH3.K/c1-3-9-7-5-6-8-10(9)4-2;1-2;;/h3-5,7-8H,1-2H2;1-2H3;1H3;/q-1;;-1;+1. The van der Waals surface area contributed by atoms with Gasteiger partial charge in [0.05, 0.1) is 0 Å². The van der Waals surface area contributed by atoms with Gasteiger partial charge in [0, 0.05) is 0 Å². The molecule has 0 unspecified atom stereocenters. The van der Waals surface area contributed by atoms with Crippen LogP contribution in [0.4, 0.5) is 0 Å². The zero-order valence-corrected chi connectivity index (χ0v) is 12.9. The van der Waals surface area contributed by atoms with E-state index in [0.29, 0.717) is 0 Å². The van der Waals surface area contributed by atoms with Gasteiger partial charge < -0.3 is 7.43 Å². The minimum atomic E-state index is 0. The van der Waals surface area contributed by atoms with Gasteiger partial charge in [0.25, 0.3) is 0 Å². The summed E-state index contributed by atoms with van der Waals surface area (Å²) in [7, 11) is 0. The zero-order chi connectivity index (χ0) is 9.40. The Kier molecular flexibility index (Phi) is 18.9. The van der Waals surface area contributed by atoms with Crippen molar-refractivity contribution in [3.63, 3.8) is 0 Å². The third-order valence-electron chi connectivity index (χ3n) is 1.37. The predicted octanol–water partition coefficient (Wildman–Crippen LogP) is 1.25. The molecule has 0 spiro atoms. The molecule has 0 nitrogen and oxygen atoms in total. The van der Waals surface area contributed by atoms with E-state index in [2.05, 4.69) is 19.2 Å². The average molecular weight is 213 g/mol. The Morgan fingerprint density at radius 3 is 2.00 bits per heavy atom. The monoisotopic (exact) mass is 213 g/mol. The van der Waals surface area contributed by atoms with Crippen LogP contribution in [0.2, 0.25) is 0 Å². The van der Waals surface area contributed by atoms with Crippen molar-refractivity contribution in [2.75, 3.05) is 0 Å². The molecule has 0 N–H and O–H groups in total. The van der Waals surface area contributed by atoms with E-state index < -0.39 is 0 Å². The van der Waals surface area contributed by atoms with Gasteiger partial charge in [-0.3, -0.25) is 0 Å². The molecule has 0 amide bonds. The van der Waals surface area contributed by atoms with Crippen LogP contribution in [0.1, 0.15) is 25.0 Å². The first kappa shape index (κ1) is 19.8. The van der Waals surface area contributed by atoms with E-state index in [0.717, 1.165) is 11.1 Å². The summed E-state index contributed by atoms with van der Waals surface area (Å²) in [6, 6.07) is 8.69. The second-order valence-electron chi connectivity index (χ2n) is 1.96. The predicted molar refractivity (Wildman–Crippen MR) is 63.2 cm³/mol. The second kappa shape index (κ2) is 13.3. The summed E-state index contributed by atoms with van der Waals surface area (Å²) in [5.41, 5.74) is 2.19. The normalized spacial score (nSPS) is 6.71. The first-order valence-electron chi connectivity index (χ1n) is 4.13. The van der Waals surface area contributed by atoms with Crippen LogP contribution in [-0.4, -0.2) is 0 Å². The molecular formula is C13H18K-. The van der Waals surface area contributed by atoms with E-state index in [1.807, 2.05) is 38.1 Å². The van der Waals surface area contributed by atoms with Crippen molar-refractivity contribution in [2.45, 2.75) is 13.8 Å². The van der Waals surface area contributed by atoms with Gasteiger partial charge >= 0.3 is 51.4 Å². The van der Waals surface area contributed by atoms with Gasteiger partial charge in [-0.05, 0) is 0 Å². The number of hydrogen-bond acceptors (Lipinski definition) is 0. The van der Waals surface area contributed by atoms with Crippen LogP contribution in [-0.2, 0) is 0 Å². The van der Waals surface area contributed by atoms with E-state index in [1.165, 1.54) is 0 Å². The molecule has 0 aromatic heterocycles. The minimum absolute atomic E-state index is 0. The summed E-state index contributed by atoms with van der Waals surface area (Å²) < 4.78 is 0. The SMILES string of the molecule is C=Cc1c[c-]ccc1C=C.CC.[CH3-].[K+]. The Labute approximate surface area is 132 Å². The van der Waals surface area contributed by atoms with Crippen molar-refractivity contribution >= 4 is 12.2 Å². The molecule has 0 atom stereocenters. The Bertz CT molecular complexity index is 224. The molecule has 0 aliphatic rings. The molecule has 0 saturated carbocycles. The Morgan fingerprint density at radius 1 is 1.14 bits per heavy atom. The van der Waals surface area contributed by atoms with Gasteiger partial charge in [-0.15, -0.1) is 30.4 Å². The maximum absolute atomic E-state index is 3.68. The van der Waals surface area contributed by atoms with E-state index in [9.17, 15) is 0 Å². The largest absolute Gasteiger partial charge is 1.00 e. The summed E-state index contributed by atoms with van der Waals surface area (Å²) >= 11 is 0.